The Bertz CT molecular complexity index is 714. The Hall–Kier alpha value is -2.86. The van der Waals surface area contributed by atoms with Gasteiger partial charge in [-0.3, -0.25) is 9.59 Å². The maximum Gasteiger partial charge on any atom is 0.255 e. The predicted octanol–water partition coefficient (Wildman–Crippen LogP) is 2.71. The van der Waals surface area contributed by atoms with Crippen molar-refractivity contribution in [2.24, 2.45) is 0 Å². The van der Waals surface area contributed by atoms with Gasteiger partial charge in [0.2, 0.25) is 0 Å². The van der Waals surface area contributed by atoms with Gasteiger partial charge in [0.15, 0.2) is 0 Å². The Labute approximate surface area is 147 Å². The van der Waals surface area contributed by atoms with Crippen molar-refractivity contribution in [1.29, 1.82) is 0 Å². The van der Waals surface area contributed by atoms with Crippen molar-refractivity contribution in [1.82, 2.24) is 5.32 Å². The molecule has 2 rings (SSSR count). The molecular formula is C19H22N2O4. The van der Waals surface area contributed by atoms with Gasteiger partial charge in [-0.1, -0.05) is 12.1 Å². The largest absolute Gasteiger partial charge is 0.495 e. The number of para-hydroxylation sites is 2. The van der Waals surface area contributed by atoms with Crippen LogP contribution in [0.2, 0.25) is 0 Å². The van der Waals surface area contributed by atoms with Gasteiger partial charge in [-0.15, -0.1) is 0 Å². The molecule has 0 unspecified atom stereocenters. The number of benzene rings is 2. The maximum atomic E-state index is 12.3. The Balaban J connectivity index is 1.97. The number of hydrogen-bond acceptors (Lipinski definition) is 4. The van der Waals surface area contributed by atoms with Gasteiger partial charge < -0.3 is 20.1 Å². The lowest BCUT2D eigenvalue weighted by atomic mass is 10.1. The molecule has 25 heavy (non-hydrogen) atoms. The van der Waals surface area contributed by atoms with E-state index in [1.54, 1.807) is 50.6 Å². The lowest BCUT2D eigenvalue weighted by Gasteiger charge is -2.10. The first-order valence-corrected chi connectivity index (χ1v) is 7.97. The van der Waals surface area contributed by atoms with E-state index in [4.69, 9.17) is 9.47 Å². The SMILES string of the molecule is COCCCNC(=O)c1ccc(C(=O)Nc2ccccc2OC)cc1. The molecule has 0 saturated heterocycles. The van der Waals surface area contributed by atoms with E-state index in [0.717, 1.165) is 6.42 Å². The van der Waals surface area contributed by atoms with E-state index in [0.29, 0.717) is 35.7 Å². The van der Waals surface area contributed by atoms with Gasteiger partial charge in [-0.2, -0.15) is 0 Å². The normalized spacial score (nSPS) is 10.2. The Kier molecular flexibility index (Phi) is 6.98. The molecule has 0 fully saturated rings. The van der Waals surface area contributed by atoms with Gasteiger partial charge in [0, 0.05) is 31.4 Å². The molecule has 132 valence electrons. The summed E-state index contributed by atoms with van der Waals surface area (Å²) in [6.07, 6.45) is 0.752. The molecule has 0 aliphatic heterocycles. The van der Waals surface area contributed by atoms with Crippen molar-refractivity contribution in [2.45, 2.75) is 6.42 Å². The van der Waals surface area contributed by atoms with Crippen LogP contribution >= 0.6 is 0 Å². The molecular weight excluding hydrogens is 320 g/mol. The quantitative estimate of drug-likeness (QED) is 0.723. The Morgan fingerprint density at radius 2 is 1.56 bits per heavy atom. The highest BCUT2D eigenvalue weighted by molar-refractivity contribution is 6.05. The molecule has 0 spiro atoms. The number of hydrogen-bond donors (Lipinski definition) is 2. The molecule has 0 heterocycles. The minimum Gasteiger partial charge on any atom is -0.495 e. The van der Waals surface area contributed by atoms with Crippen LogP contribution in [-0.2, 0) is 4.74 Å². The van der Waals surface area contributed by atoms with E-state index in [1.165, 1.54) is 0 Å². The third kappa shape index (κ3) is 5.32. The summed E-state index contributed by atoms with van der Waals surface area (Å²) >= 11 is 0. The fraction of sp³-hybridized carbons (Fsp3) is 0.263. The van der Waals surface area contributed by atoms with Crippen LogP contribution in [0.5, 0.6) is 5.75 Å². The fourth-order valence-corrected chi connectivity index (χ4v) is 2.24. The third-order valence-corrected chi connectivity index (χ3v) is 3.58. The van der Waals surface area contributed by atoms with Crippen molar-refractivity contribution in [2.75, 3.05) is 32.7 Å². The highest BCUT2D eigenvalue weighted by Gasteiger charge is 2.11. The minimum absolute atomic E-state index is 0.173. The van der Waals surface area contributed by atoms with Crippen LogP contribution in [-0.4, -0.2) is 39.2 Å². The van der Waals surface area contributed by atoms with E-state index < -0.39 is 0 Å². The van der Waals surface area contributed by atoms with Gasteiger partial charge in [0.25, 0.3) is 11.8 Å². The summed E-state index contributed by atoms with van der Waals surface area (Å²) in [4.78, 5) is 24.3. The first-order chi connectivity index (χ1) is 12.2. The van der Waals surface area contributed by atoms with E-state index in [9.17, 15) is 9.59 Å². The average molecular weight is 342 g/mol. The van der Waals surface area contributed by atoms with Crippen molar-refractivity contribution < 1.29 is 19.1 Å². The summed E-state index contributed by atoms with van der Waals surface area (Å²) in [7, 11) is 3.17. The van der Waals surface area contributed by atoms with Crippen molar-refractivity contribution in [3.63, 3.8) is 0 Å². The zero-order valence-corrected chi connectivity index (χ0v) is 14.4. The molecule has 2 N–H and O–H groups in total. The molecule has 2 aromatic carbocycles. The predicted molar refractivity (Wildman–Crippen MR) is 96.2 cm³/mol. The number of nitrogens with one attached hydrogen (secondary N) is 2. The van der Waals surface area contributed by atoms with Gasteiger partial charge in [0.1, 0.15) is 5.75 Å². The molecule has 0 saturated carbocycles. The fourth-order valence-electron chi connectivity index (χ4n) is 2.24. The van der Waals surface area contributed by atoms with Crippen LogP contribution in [0.15, 0.2) is 48.5 Å². The number of amides is 2. The van der Waals surface area contributed by atoms with Crippen LogP contribution in [0.1, 0.15) is 27.1 Å². The number of carbonyl (C=O) groups is 2. The second-order valence-electron chi connectivity index (χ2n) is 5.33. The maximum absolute atomic E-state index is 12.3. The first-order valence-electron chi connectivity index (χ1n) is 7.97. The van der Waals surface area contributed by atoms with E-state index in [2.05, 4.69) is 10.6 Å². The Morgan fingerprint density at radius 3 is 2.20 bits per heavy atom. The third-order valence-electron chi connectivity index (χ3n) is 3.58. The highest BCUT2D eigenvalue weighted by Crippen LogP contribution is 2.23. The van der Waals surface area contributed by atoms with Crippen LogP contribution < -0.4 is 15.4 Å². The van der Waals surface area contributed by atoms with E-state index >= 15 is 0 Å². The van der Waals surface area contributed by atoms with Crippen molar-refractivity contribution >= 4 is 17.5 Å². The number of anilines is 1. The van der Waals surface area contributed by atoms with Gasteiger partial charge in [-0.25, -0.2) is 0 Å². The van der Waals surface area contributed by atoms with Crippen molar-refractivity contribution in [3.8, 4) is 5.75 Å². The minimum atomic E-state index is -0.267. The highest BCUT2D eigenvalue weighted by atomic mass is 16.5. The van der Waals surface area contributed by atoms with Crippen LogP contribution in [0.3, 0.4) is 0 Å². The molecule has 2 amide bonds. The number of carbonyl (C=O) groups excluding carboxylic acids is 2. The second-order valence-corrected chi connectivity index (χ2v) is 5.33. The summed E-state index contributed by atoms with van der Waals surface area (Å²) in [5.74, 6) is 0.146. The zero-order valence-electron chi connectivity index (χ0n) is 14.4. The first kappa shape index (κ1) is 18.5. The van der Waals surface area contributed by atoms with Gasteiger partial charge in [-0.05, 0) is 42.8 Å². The summed E-state index contributed by atoms with van der Waals surface area (Å²) in [6, 6.07) is 13.7. The van der Waals surface area contributed by atoms with Gasteiger partial charge >= 0.3 is 0 Å². The standard InChI is InChI=1S/C19H22N2O4/c1-24-13-5-12-20-18(22)14-8-10-15(11-9-14)19(23)21-16-6-3-4-7-17(16)25-2/h3-4,6-11H,5,12-13H2,1-2H3,(H,20,22)(H,21,23). The monoisotopic (exact) mass is 342 g/mol. The number of ether oxygens (including phenoxy) is 2. The summed E-state index contributed by atoms with van der Waals surface area (Å²) < 4.78 is 10.1. The molecule has 0 atom stereocenters. The molecule has 2 aromatic rings. The van der Waals surface area contributed by atoms with Crippen LogP contribution in [0.4, 0.5) is 5.69 Å². The molecule has 0 aliphatic carbocycles. The summed E-state index contributed by atoms with van der Waals surface area (Å²) in [6.45, 7) is 1.14. The van der Waals surface area contributed by atoms with E-state index in [1.807, 2.05) is 12.1 Å². The second kappa shape index (κ2) is 9.44. The van der Waals surface area contributed by atoms with Gasteiger partial charge in [0.05, 0.1) is 12.8 Å². The van der Waals surface area contributed by atoms with E-state index in [-0.39, 0.29) is 11.8 Å². The molecule has 6 heteroatoms. The molecule has 0 aromatic heterocycles. The topological polar surface area (TPSA) is 76.7 Å². The zero-order chi connectivity index (χ0) is 18.1. The number of rotatable bonds is 8. The molecule has 6 nitrogen and oxygen atoms in total. The summed E-state index contributed by atoms with van der Waals surface area (Å²) in [5, 5.41) is 5.60. The molecule has 0 aliphatic rings. The molecule has 0 radical (unpaired) electrons. The van der Waals surface area contributed by atoms with Crippen molar-refractivity contribution in [3.05, 3.63) is 59.7 Å². The van der Waals surface area contributed by atoms with Crippen LogP contribution in [0.25, 0.3) is 0 Å². The summed E-state index contributed by atoms with van der Waals surface area (Å²) in [5.41, 5.74) is 1.56. The number of methoxy groups -OCH3 is 2. The lowest BCUT2D eigenvalue weighted by molar-refractivity contribution is 0.0947. The van der Waals surface area contributed by atoms with Crippen LogP contribution in [0, 0.1) is 0 Å². The molecule has 0 bridgehead atoms. The Morgan fingerprint density at radius 1 is 0.920 bits per heavy atom. The smallest absolute Gasteiger partial charge is 0.255 e. The average Bonchev–Trinajstić information content (AvgIpc) is 2.65. The lowest BCUT2D eigenvalue weighted by Crippen LogP contribution is -2.25.